The van der Waals surface area contributed by atoms with Crippen LogP contribution in [-0.4, -0.2) is 11.1 Å². The van der Waals surface area contributed by atoms with Crippen molar-refractivity contribution in [2.24, 2.45) is 0 Å². The molecule has 16 heavy (non-hydrogen) atoms. The Morgan fingerprint density at radius 1 is 1.38 bits per heavy atom. The van der Waals surface area contributed by atoms with Crippen molar-refractivity contribution in [2.75, 3.05) is 0 Å². The van der Waals surface area contributed by atoms with Crippen molar-refractivity contribution in [3.8, 4) is 11.3 Å². The molecule has 0 spiro atoms. The fourth-order valence-corrected chi connectivity index (χ4v) is 1.35. The minimum atomic E-state index is -1.39. The van der Waals surface area contributed by atoms with Crippen molar-refractivity contribution in [3.63, 3.8) is 0 Å². The SMILES string of the molecule is O=C([O-])c1cc(-c2cccc(Cl)c2)no1.[Na+]. The Balaban J connectivity index is 0.00000128. The van der Waals surface area contributed by atoms with E-state index in [-0.39, 0.29) is 35.3 Å². The molecule has 6 heteroatoms. The van der Waals surface area contributed by atoms with Gasteiger partial charge < -0.3 is 14.4 Å². The van der Waals surface area contributed by atoms with Gasteiger partial charge in [0.25, 0.3) is 0 Å². The monoisotopic (exact) mass is 245 g/mol. The Kier molecular flexibility index (Phi) is 4.56. The van der Waals surface area contributed by atoms with Gasteiger partial charge in [0, 0.05) is 16.7 Å². The van der Waals surface area contributed by atoms with E-state index in [2.05, 4.69) is 9.68 Å². The van der Waals surface area contributed by atoms with Gasteiger partial charge in [-0.2, -0.15) is 0 Å². The van der Waals surface area contributed by atoms with E-state index in [4.69, 9.17) is 11.6 Å². The van der Waals surface area contributed by atoms with Crippen molar-refractivity contribution in [3.05, 3.63) is 41.1 Å². The third-order valence-electron chi connectivity index (χ3n) is 1.83. The molecule has 0 aliphatic carbocycles. The molecule has 0 unspecified atom stereocenters. The maximum Gasteiger partial charge on any atom is 1.00 e. The number of aromatic nitrogens is 1. The molecule has 4 nitrogen and oxygen atoms in total. The third-order valence-corrected chi connectivity index (χ3v) is 2.07. The van der Waals surface area contributed by atoms with Crippen LogP contribution in [0.25, 0.3) is 11.3 Å². The number of benzene rings is 1. The molecule has 0 bridgehead atoms. The van der Waals surface area contributed by atoms with Crippen molar-refractivity contribution < 1.29 is 44.0 Å². The summed E-state index contributed by atoms with van der Waals surface area (Å²) in [5.74, 6) is -1.69. The fraction of sp³-hybridized carbons (Fsp3) is 0. The minimum absolute atomic E-state index is 0. The molecule has 0 aliphatic heterocycles. The van der Waals surface area contributed by atoms with E-state index in [1.54, 1.807) is 24.3 Å². The fourth-order valence-electron chi connectivity index (χ4n) is 1.16. The van der Waals surface area contributed by atoms with Gasteiger partial charge in [-0.3, -0.25) is 0 Å². The van der Waals surface area contributed by atoms with Crippen LogP contribution in [0.4, 0.5) is 0 Å². The normalized spacial score (nSPS) is 9.56. The van der Waals surface area contributed by atoms with Crippen molar-refractivity contribution in [1.29, 1.82) is 0 Å². The molecule has 0 fully saturated rings. The molecule has 0 N–H and O–H groups in total. The summed E-state index contributed by atoms with van der Waals surface area (Å²) in [7, 11) is 0. The largest absolute Gasteiger partial charge is 1.00 e. The van der Waals surface area contributed by atoms with Crippen LogP contribution in [0.3, 0.4) is 0 Å². The van der Waals surface area contributed by atoms with E-state index < -0.39 is 5.97 Å². The van der Waals surface area contributed by atoms with Crippen LogP contribution in [-0.2, 0) is 0 Å². The number of hydrogen-bond acceptors (Lipinski definition) is 4. The number of halogens is 1. The van der Waals surface area contributed by atoms with Crippen LogP contribution < -0.4 is 34.7 Å². The van der Waals surface area contributed by atoms with Gasteiger partial charge in [0.05, 0.1) is 0 Å². The third kappa shape index (κ3) is 2.86. The Hall–Kier alpha value is -0.810. The van der Waals surface area contributed by atoms with E-state index in [0.29, 0.717) is 16.3 Å². The van der Waals surface area contributed by atoms with Crippen molar-refractivity contribution >= 4 is 17.6 Å². The molecule has 0 atom stereocenters. The summed E-state index contributed by atoms with van der Waals surface area (Å²) < 4.78 is 4.57. The summed E-state index contributed by atoms with van der Waals surface area (Å²) in [5.41, 5.74) is 1.11. The van der Waals surface area contributed by atoms with Gasteiger partial charge in [-0.1, -0.05) is 28.9 Å². The van der Waals surface area contributed by atoms with Crippen molar-refractivity contribution in [2.45, 2.75) is 0 Å². The first-order valence-corrected chi connectivity index (χ1v) is 4.48. The van der Waals surface area contributed by atoms with Crippen LogP contribution in [0.15, 0.2) is 34.9 Å². The van der Waals surface area contributed by atoms with E-state index in [9.17, 15) is 9.90 Å². The summed E-state index contributed by atoms with van der Waals surface area (Å²) >= 11 is 5.78. The second kappa shape index (κ2) is 5.50. The average molecular weight is 246 g/mol. The molecule has 2 aromatic rings. The van der Waals surface area contributed by atoms with Gasteiger partial charge in [-0.25, -0.2) is 0 Å². The number of aromatic carboxylic acids is 1. The van der Waals surface area contributed by atoms with Crippen LogP contribution in [0.2, 0.25) is 5.02 Å². The summed E-state index contributed by atoms with van der Waals surface area (Å²) in [6.45, 7) is 0. The van der Waals surface area contributed by atoms with Crippen molar-refractivity contribution in [1.82, 2.24) is 5.16 Å². The molecule has 0 saturated heterocycles. The first-order chi connectivity index (χ1) is 7.16. The van der Waals surface area contributed by atoms with Gasteiger partial charge in [0.15, 0.2) is 5.76 Å². The van der Waals surface area contributed by atoms with E-state index in [1.165, 1.54) is 6.07 Å². The number of rotatable bonds is 2. The van der Waals surface area contributed by atoms with Crippen LogP contribution in [0.1, 0.15) is 10.6 Å². The van der Waals surface area contributed by atoms with Crippen LogP contribution in [0, 0.1) is 0 Å². The smallest absolute Gasteiger partial charge is 0.541 e. The van der Waals surface area contributed by atoms with Crippen LogP contribution >= 0.6 is 11.6 Å². The van der Waals surface area contributed by atoms with Gasteiger partial charge >= 0.3 is 29.6 Å². The second-order valence-electron chi connectivity index (χ2n) is 2.87. The van der Waals surface area contributed by atoms with E-state index in [0.717, 1.165) is 0 Å². The summed E-state index contributed by atoms with van der Waals surface area (Å²) in [4.78, 5) is 10.4. The topological polar surface area (TPSA) is 66.2 Å². The number of carboxylic acid groups (broad SMARTS) is 1. The van der Waals surface area contributed by atoms with Gasteiger partial charge in [0.1, 0.15) is 11.7 Å². The number of nitrogens with zero attached hydrogens (tertiary/aromatic N) is 1. The maximum absolute atomic E-state index is 10.4. The zero-order chi connectivity index (χ0) is 10.8. The molecule has 76 valence electrons. The predicted octanol–water partition coefficient (Wildman–Crippen LogP) is -1.64. The Morgan fingerprint density at radius 3 is 2.69 bits per heavy atom. The van der Waals surface area contributed by atoms with Gasteiger partial charge in [0.2, 0.25) is 0 Å². The Morgan fingerprint density at radius 2 is 2.12 bits per heavy atom. The Bertz CT molecular complexity index is 512. The minimum Gasteiger partial charge on any atom is -0.541 e. The molecule has 0 radical (unpaired) electrons. The standard InChI is InChI=1S/C10H6ClNO3.Na/c11-7-3-1-2-6(4-7)8-5-9(10(13)14)15-12-8;/h1-5H,(H,13,14);/q;+1/p-1. The van der Waals surface area contributed by atoms with Gasteiger partial charge in [-0.05, 0) is 12.1 Å². The van der Waals surface area contributed by atoms with E-state index >= 15 is 0 Å². The number of carbonyl (C=O) groups excluding carboxylic acids is 1. The summed E-state index contributed by atoms with van der Waals surface area (Å²) in [5, 5.41) is 14.6. The first kappa shape index (κ1) is 13.3. The average Bonchev–Trinajstić information content (AvgIpc) is 2.66. The van der Waals surface area contributed by atoms with E-state index in [1.807, 2.05) is 0 Å². The molecule has 1 aromatic heterocycles. The molecular formula is C10H5ClNNaO3. The maximum atomic E-state index is 10.4. The molecule has 1 aromatic carbocycles. The zero-order valence-corrected chi connectivity index (χ0v) is 11.2. The molecule has 0 amide bonds. The summed E-state index contributed by atoms with van der Waals surface area (Å²) in [6.07, 6.45) is 0. The quantitative estimate of drug-likeness (QED) is 0.596. The predicted molar refractivity (Wildman–Crippen MR) is 51.3 cm³/mol. The molecular weight excluding hydrogens is 241 g/mol. The van der Waals surface area contributed by atoms with Crippen LogP contribution in [0.5, 0.6) is 0 Å². The molecule has 2 rings (SSSR count). The molecule has 0 saturated carbocycles. The summed E-state index contributed by atoms with van der Waals surface area (Å²) in [6, 6.07) is 8.16. The number of hydrogen-bond donors (Lipinski definition) is 0. The molecule has 1 heterocycles. The Labute approximate surface area is 118 Å². The zero-order valence-electron chi connectivity index (χ0n) is 8.44. The number of carboxylic acids is 1. The number of carbonyl (C=O) groups is 1. The first-order valence-electron chi connectivity index (χ1n) is 4.11. The van der Waals surface area contributed by atoms with Gasteiger partial charge in [-0.15, -0.1) is 0 Å². The molecule has 0 aliphatic rings. The second-order valence-corrected chi connectivity index (χ2v) is 3.31.